The number of ether oxygens (including phenoxy) is 1. The van der Waals surface area contributed by atoms with Gasteiger partial charge in [-0.2, -0.15) is 0 Å². The van der Waals surface area contributed by atoms with Gasteiger partial charge in [0, 0.05) is 30.2 Å². The van der Waals surface area contributed by atoms with Crippen molar-refractivity contribution in [2.45, 2.75) is 27.3 Å². The van der Waals surface area contributed by atoms with Crippen LogP contribution in [0.4, 0.5) is 0 Å². The summed E-state index contributed by atoms with van der Waals surface area (Å²) in [4.78, 5) is 0. The summed E-state index contributed by atoms with van der Waals surface area (Å²) in [6.07, 6.45) is 0. The Labute approximate surface area is 109 Å². The molecule has 1 heterocycles. The normalized spacial score (nSPS) is 11.1. The Morgan fingerprint density at radius 1 is 1.28 bits per heavy atom. The summed E-state index contributed by atoms with van der Waals surface area (Å²) in [5, 5.41) is 4.70. The van der Waals surface area contributed by atoms with Crippen molar-refractivity contribution in [3.05, 3.63) is 29.5 Å². The standard InChI is InChI=1S/C15H22N2O/c1-5-16-10-14-11(3)17(4)15-8-7-12(18-6-2)9-13(14)15/h7-9,16H,5-6,10H2,1-4H3. The fraction of sp³-hybridized carbons (Fsp3) is 0.467. The molecule has 18 heavy (non-hydrogen) atoms. The van der Waals surface area contributed by atoms with E-state index in [0.717, 1.165) is 18.8 Å². The SMILES string of the molecule is CCNCc1c(C)n(C)c2ccc(OCC)cc12. The lowest BCUT2D eigenvalue weighted by atomic mass is 10.1. The van der Waals surface area contributed by atoms with Gasteiger partial charge in [-0.15, -0.1) is 0 Å². The molecule has 0 radical (unpaired) electrons. The Kier molecular flexibility index (Phi) is 3.92. The van der Waals surface area contributed by atoms with E-state index in [1.807, 2.05) is 13.0 Å². The highest BCUT2D eigenvalue weighted by Crippen LogP contribution is 2.28. The van der Waals surface area contributed by atoms with Gasteiger partial charge in [-0.25, -0.2) is 0 Å². The zero-order valence-corrected chi connectivity index (χ0v) is 11.7. The number of fused-ring (bicyclic) bond motifs is 1. The summed E-state index contributed by atoms with van der Waals surface area (Å²) in [5.41, 5.74) is 3.96. The number of nitrogens with zero attached hydrogens (tertiary/aromatic N) is 1. The number of nitrogens with one attached hydrogen (secondary N) is 1. The molecule has 1 aromatic heterocycles. The molecule has 0 aliphatic heterocycles. The summed E-state index contributed by atoms with van der Waals surface area (Å²) in [5.74, 6) is 0.952. The highest BCUT2D eigenvalue weighted by atomic mass is 16.5. The minimum Gasteiger partial charge on any atom is -0.494 e. The Morgan fingerprint density at radius 3 is 2.72 bits per heavy atom. The van der Waals surface area contributed by atoms with Gasteiger partial charge in [-0.1, -0.05) is 6.92 Å². The lowest BCUT2D eigenvalue weighted by Gasteiger charge is -2.05. The molecule has 0 aliphatic carbocycles. The van der Waals surface area contributed by atoms with Crippen molar-refractivity contribution in [3.63, 3.8) is 0 Å². The predicted octanol–water partition coefficient (Wildman–Crippen LogP) is 2.99. The van der Waals surface area contributed by atoms with E-state index in [9.17, 15) is 0 Å². The number of benzene rings is 1. The molecule has 0 aliphatic rings. The van der Waals surface area contributed by atoms with Crippen molar-refractivity contribution in [3.8, 4) is 5.75 Å². The fourth-order valence-corrected chi connectivity index (χ4v) is 2.36. The minimum absolute atomic E-state index is 0.708. The number of hydrogen-bond acceptors (Lipinski definition) is 2. The van der Waals surface area contributed by atoms with Crippen molar-refractivity contribution in [2.75, 3.05) is 13.2 Å². The van der Waals surface area contributed by atoms with E-state index >= 15 is 0 Å². The van der Waals surface area contributed by atoms with Crippen LogP contribution < -0.4 is 10.1 Å². The maximum absolute atomic E-state index is 5.59. The van der Waals surface area contributed by atoms with Crippen LogP contribution in [0, 0.1) is 6.92 Å². The van der Waals surface area contributed by atoms with E-state index in [4.69, 9.17) is 4.74 Å². The van der Waals surface area contributed by atoms with E-state index in [1.165, 1.54) is 22.2 Å². The first-order valence-corrected chi connectivity index (χ1v) is 6.60. The third-order valence-corrected chi connectivity index (χ3v) is 3.46. The van der Waals surface area contributed by atoms with Crippen molar-refractivity contribution in [1.82, 2.24) is 9.88 Å². The van der Waals surface area contributed by atoms with Crippen LogP contribution in [0.1, 0.15) is 25.1 Å². The van der Waals surface area contributed by atoms with Crippen LogP contribution in [0.25, 0.3) is 10.9 Å². The van der Waals surface area contributed by atoms with Crippen molar-refractivity contribution in [2.24, 2.45) is 7.05 Å². The van der Waals surface area contributed by atoms with E-state index in [0.29, 0.717) is 6.61 Å². The number of rotatable bonds is 5. The summed E-state index contributed by atoms with van der Waals surface area (Å²) in [7, 11) is 2.12. The van der Waals surface area contributed by atoms with Gasteiger partial charge in [-0.05, 0) is 44.2 Å². The second-order valence-electron chi connectivity index (χ2n) is 4.52. The molecule has 0 bridgehead atoms. The molecule has 0 fully saturated rings. The first-order chi connectivity index (χ1) is 8.69. The Balaban J connectivity index is 2.52. The van der Waals surface area contributed by atoms with Gasteiger partial charge in [0.25, 0.3) is 0 Å². The van der Waals surface area contributed by atoms with E-state index in [1.54, 1.807) is 0 Å². The van der Waals surface area contributed by atoms with Gasteiger partial charge < -0.3 is 14.6 Å². The smallest absolute Gasteiger partial charge is 0.120 e. The van der Waals surface area contributed by atoms with E-state index < -0.39 is 0 Å². The van der Waals surface area contributed by atoms with Crippen LogP contribution in [0.2, 0.25) is 0 Å². The molecule has 0 unspecified atom stereocenters. The summed E-state index contributed by atoms with van der Waals surface area (Å²) in [6, 6.07) is 6.34. The van der Waals surface area contributed by atoms with Gasteiger partial charge in [0.05, 0.1) is 6.61 Å². The quantitative estimate of drug-likeness (QED) is 0.877. The molecule has 2 rings (SSSR count). The third-order valence-electron chi connectivity index (χ3n) is 3.46. The van der Waals surface area contributed by atoms with Crippen molar-refractivity contribution < 1.29 is 4.74 Å². The first kappa shape index (κ1) is 13.0. The predicted molar refractivity (Wildman–Crippen MR) is 76.2 cm³/mol. The Morgan fingerprint density at radius 2 is 2.06 bits per heavy atom. The van der Waals surface area contributed by atoms with Gasteiger partial charge in [0.15, 0.2) is 0 Å². The topological polar surface area (TPSA) is 26.2 Å². The van der Waals surface area contributed by atoms with Gasteiger partial charge >= 0.3 is 0 Å². The maximum atomic E-state index is 5.59. The second-order valence-corrected chi connectivity index (χ2v) is 4.52. The maximum Gasteiger partial charge on any atom is 0.120 e. The van der Waals surface area contributed by atoms with Gasteiger partial charge in [0.2, 0.25) is 0 Å². The van der Waals surface area contributed by atoms with Gasteiger partial charge in [0.1, 0.15) is 5.75 Å². The highest BCUT2D eigenvalue weighted by Gasteiger charge is 2.12. The zero-order chi connectivity index (χ0) is 13.1. The average Bonchev–Trinajstić information content (AvgIpc) is 2.60. The molecule has 0 amide bonds. The lowest BCUT2D eigenvalue weighted by Crippen LogP contribution is -2.12. The summed E-state index contributed by atoms with van der Waals surface area (Å²) in [6.45, 7) is 8.93. The third kappa shape index (κ3) is 2.23. The molecule has 0 saturated carbocycles. The van der Waals surface area contributed by atoms with Gasteiger partial charge in [-0.3, -0.25) is 0 Å². The number of aryl methyl sites for hydroxylation is 1. The van der Waals surface area contributed by atoms with Crippen molar-refractivity contribution in [1.29, 1.82) is 0 Å². The van der Waals surface area contributed by atoms with Crippen LogP contribution in [-0.2, 0) is 13.6 Å². The monoisotopic (exact) mass is 246 g/mol. The number of hydrogen-bond donors (Lipinski definition) is 1. The largest absolute Gasteiger partial charge is 0.494 e. The molecule has 1 aromatic carbocycles. The summed E-state index contributed by atoms with van der Waals surface area (Å²) < 4.78 is 7.84. The lowest BCUT2D eigenvalue weighted by molar-refractivity contribution is 0.340. The second kappa shape index (κ2) is 5.44. The van der Waals surface area contributed by atoms with E-state index in [2.05, 4.69) is 42.9 Å². The van der Waals surface area contributed by atoms with Crippen LogP contribution in [-0.4, -0.2) is 17.7 Å². The van der Waals surface area contributed by atoms with Crippen LogP contribution in [0.15, 0.2) is 18.2 Å². The summed E-state index contributed by atoms with van der Waals surface area (Å²) >= 11 is 0. The molecule has 1 N–H and O–H groups in total. The van der Waals surface area contributed by atoms with E-state index in [-0.39, 0.29) is 0 Å². The highest BCUT2D eigenvalue weighted by molar-refractivity contribution is 5.86. The Bertz CT molecular complexity index is 543. The minimum atomic E-state index is 0.708. The zero-order valence-electron chi connectivity index (χ0n) is 11.7. The fourth-order valence-electron chi connectivity index (χ4n) is 2.36. The van der Waals surface area contributed by atoms with Crippen LogP contribution >= 0.6 is 0 Å². The molecule has 0 atom stereocenters. The first-order valence-electron chi connectivity index (χ1n) is 6.60. The molecule has 3 heteroatoms. The molecule has 0 saturated heterocycles. The molecule has 98 valence electrons. The molecular formula is C15H22N2O. The molecule has 3 nitrogen and oxygen atoms in total. The average molecular weight is 246 g/mol. The molecular weight excluding hydrogens is 224 g/mol. The Hall–Kier alpha value is -1.48. The van der Waals surface area contributed by atoms with Crippen molar-refractivity contribution >= 4 is 10.9 Å². The van der Waals surface area contributed by atoms with Crippen LogP contribution in [0.5, 0.6) is 5.75 Å². The molecule has 2 aromatic rings. The molecule has 0 spiro atoms. The number of aromatic nitrogens is 1. The van der Waals surface area contributed by atoms with Crippen LogP contribution in [0.3, 0.4) is 0 Å².